The quantitative estimate of drug-likeness (QED) is 0.368. The van der Waals surface area contributed by atoms with Crippen LogP contribution in [0.25, 0.3) is 37.6 Å². The molecular weight excluding hydrogens is 466 g/mol. The fraction of sp³-hybridized carbons (Fsp3) is 0.0400. The van der Waals surface area contributed by atoms with Crippen molar-refractivity contribution in [1.82, 2.24) is 18.9 Å². The summed E-state index contributed by atoms with van der Waals surface area (Å²) in [7, 11) is 0. The maximum Gasteiger partial charge on any atom is 0.263 e. The third kappa shape index (κ3) is 3.51. The fourth-order valence-corrected chi connectivity index (χ4v) is 5.65. The van der Waals surface area contributed by atoms with Gasteiger partial charge in [0.2, 0.25) is 5.91 Å². The Morgan fingerprint density at radius 2 is 1.85 bits per heavy atom. The molecular formula is C25H17N5O2S2. The first-order valence-corrected chi connectivity index (χ1v) is 12.3. The highest BCUT2D eigenvalue weighted by Crippen LogP contribution is 2.33. The molecule has 1 N–H and O–H groups in total. The Balaban J connectivity index is 1.36. The Hall–Kier alpha value is -4.08. The van der Waals surface area contributed by atoms with E-state index in [0.717, 1.165) is 21.7 Å². The van der Waals surface area contributed by atoms with E-state index in [9.17, 15) is 9.59 Å². The first kappa shape index (κ1) is 20.5. The van der Waals surface area contributed by atoms with Crippen LogP contribution in [0.2, 0.25) is 0 Å². The van der Waals surface area contributed by atoms with Gasteiger partial charge in [0, 0.05) is 27.6 Å². The molecule has 7 nitrogen and oxygen atoms in total. The summed E-state index contributed by atoms with van der Waals surface area (Å²) in [6.45, 7) is -0.157. The molecule has 9 heteroatoms. The number of aromatic nitrogens is 4. The van der Waals surface area contributed by atoms with Gasteiger partial charge >= 0.3 is 0 Å². The van der Waals surface area contributed by atoms with Crippen molar-refractivity contribution in [1.29, 1.82) is 0 Å². The van der Waals surface area contributed by atoms with E-state index in [1.54, 1.807) is 11.3 Å². The summed E-state index contributed by atoms with van der Waals surface area (Å²) >= 11 is 3.00. The third-order valence-electron chi connectivity index (χ3n) is 5.50. The number of pyridine rings is 1. The Morgan fingerprint density at radius 1 is 1.00 bits per heavy atom. The Kier molecular flexibility index (Phi) is 5.05. The average Bonchev–Trinajstić information content (AvgIpc) is 3.60. The molecule has 0 atom stereocenters. The maximum absolute atomic E-state index is 13.3. The number of amides is 1. The monoisotopic (exact) mass is 483 g/mol. The molecule has 0 aliphatic rings. The molecule has 34 heavy (non-hydrogen) atoms. The molecule has 0 radical (unpaired) electrons. The fourth-order valence-electron chi connectivity index (χ4n) is 3.93. The van der Waals surface area contributed by atoms with Gasteiger partial charge in [-0.05, 0) is 23.6 Å². The molecule has 0 aliphatic carbocycles. The molecule has 1 amide bonds. The number of hydrogen-bond donors (Lipinski definition) is 1. The van der Waals surface area contributed by atoms with Gasteiger partial charge in [0.25, 0.3) is 5.56 Å². The minimum Gasteiger partial charge on any atom is -0.308 e. The van der Waals surface area contributed by atoms with Crippen LogP contribution in [0.5, 0.6) is 0 Å². The molecule has 5 aromatic heterocycles. The smallest absolute Gasteiger partial charge is 0.263 e. The number of benzene rings is 1. The van der Waals surface area contributed by atoms with Crippen molar-refractivity contribution >= 4 is 50.3 Å². The highest BCUT2D eigenvalue weighted by molar-refractivity contribution is 7.18. The van der Waals surface area contributed by atoms with Gasteiger partial charge in [-0.25, -0.2) is 9.97 Å². The van der Waals surface area contributed by atoms with Crippen LogP contribution in [0.4, 0.5) is 5.82 Å². The molecule has 5 heterocycles. The average molecular weight is 484 g/mol. The number of anilines is 1. The molecule has 1 aromatic carbocycles. The highest BCUT2D eigenvalue weighted by Gasteiger charge is 2.18. The first-order chi connectivity index (χ1) is 16.7. The van der Waals surface area contributed by atoms with Crippen LogP contribution in [0.1, 0.15) is 0 Å². The van der Waals surface area contributed by atoms with E-state index in [0.29, 0.717) is 21.7 Å². The van der Waals surface area contributed by atoms with Gasteiger partial charge in [-0.15, -0.1) is 22.7 Å². The molecule has 166 valence electrons. The van der Waals surface area contributed by atoms with Crippen molar-refractivity contribution in [2.24, 2.45) is 0 Å². The normalized spacial score (nSPS) is 11.3. The lowest BCUT2D eigenvalue weighted by Crippen LogP contribution is -2.28. The van der Waals surface area contributed by atoms with Crippen molar-refractivity contribution in [3.8, 4) is 21.7 Å². The van der Waals surface area contributed by atoms with Crippen LogP contribution in [0.15, 0.2) is 88.7 Å². The summed E-state index contributed by atoms with van der Waals surface area (Å²) in [5.74, 6) is 0.225. The van der Waals surface area contributed by atoms with Crippen LogP contribution in [-0.4, -0.2) is 24.8 Å². The van der Waals surface area contributed by atoms with Gasteiger partial charge in [0.15, 0.2) is 0 Å². The number of nitrogens with zero attached hydrogens (tertiary/aromatic N) is 4. The molecule has 0 bridgehead atoms. The summed E-state index contributed by atoms with van der Waals surface area (Å²) in [4.78, 5) is 37.2. The number of thiophene rings is 2. The molecule has 0 unspecified atom stereocenters. The van der Waals surface area contributed by atoms with E-state index in [1.165, 1.54) is 22.2 Å². The largest absolute Gasteiger partial charge is 0.308 e. The second kappa shape index (κ2) is 8.36. The molecule has 0 aliphatic heterocycles. The van der Waals surface area contributed by atoms with Gasteiger partial charge < -0.3 is 5.32 Å². The summed E-state index contributed by atoms with van der Waals surface area (Å²) in [6.07, 6.45) is 3.29. The van der Waals surface area contributed by atoms with Crippen LogP contribution < -0.4 is 10.9 Å². The Labute approximate surface area is 201 Å². The van der Waals surface area contributed by atoms with Crippen LogP contribution in [0.3, 0.4) is 0 Å². The number of nitrogens with one attached hydrogen (secondary N) is 1. The van der Waals surface area contributed by atoms with Crippen LogP contribution >= 0.6 is 22.7 Å². The lowest BCUT2D eigenvalue weighted by atomic mass is 10.1. The van der Waals surface area contributed by atoms with Crippen LogP contribution in [0, 0.1) is 0 Å². The van der Waals surface area contributed by atoms with Crippen molar-refractivity contribution in [3.05, 3.63) is 94.3 Å². The number of hydrogen-bond acceptors (Lipinski definition) is 6. The summed E-state index contributed by atoms with van der Waals surface area (Å²) in [6, 6.07) is 19.3. The standard InChI is InChI=1S/C25H17N5O2S2/c31-20(13-29-15-26-24-21(25(29)32)17(14-34-24)18-9-6-12-33-18)28-23-22(16-7-2-1-3-8-16)27-19-10-4-5-11-30(19)23/h1-12,14-15H,13H2,(H,28,31). The van der Waals surface area contributed by atoms with E-state index in [4.69, 9.17) is 4.98 Å². The second-order valence-electron chi connectivity index (χ2n) is 7.64. The van der Waals surface area contributed by atoms with E-state index < -0.39 is 0 Å². The van der Waals surface area contributed by atoms with Crippen molar-refractivity contribution in [2.75, 3.05) is 5.32 Å². The molecule has 0 fully saturated rings. The third-order valence-corrected chi connectivity index (χ3v) is 7.29. The number of fused-ring (bicyclic) bond motifs is 2. The Morgan fingerprint density at radius 3 is 2.68 bits per heavy atom. The zero-order valence-corrected chi connectivity index (χ0v) is 19.3. The SMILES string of the molecule is O=C(Cn1cnc2scc(-c3cccs3)c2c1=O)Nc1c(-c2ccccc2)nc2ccccn12. The van der Waals surface area contributed by atoms with Gasteiger partial charge in [-0.3, -0.25) is 18.6 Å². The summed E-state index contributed by atoms with van der Waals surface area (Å²) in [5, 5.41) is 7.43. The molecule has 6 aromatic rings. The zero-order valence-electron chi connectivity index (χ0n) is 17.7. The Bertz CT molecular complexity index is 1700. The maximum atomic E-state index is 13.3. The predicted molar refractivity (Wildman–Crippen MR) is 136 cm³/mol. The van der Waals surface area contributed by atoms with Crippen molar-refractivity contribution in [2.45, 2.75) is 6.54 Å². The van der Waals surface area contributed by atoms with Gasteiger partial charge in [0.05, 0.1) is 11.7 Å². The van der Waals surface area contributed by atoms with E-state index in [2.05, 4.69) is 10.3 Å². The zero-order chi connectivity index (χ0) is 23.1. The lowest BCUT2D eigenvalue weighted by Gasteiger charge is -2.09. The number of rotatable bonds is 5. The number of carbonyl (C=O) groups is 1. The first-order valence-electron chi connectivity index (χ1n) is 10.5. The molecule has 0 saturated carbocycles. The summed E-state index contributed by atoms with van der Waals surface area (Å²) in [5.41, 5.74) is 2.90. The van der Waals surface area contributed by atoms with E-state index >= 15 is 0 Å². The number of imidazole rings is 1. The topological polar surface area (TPSA) is 81.3 Å². The van der Waals surface area contributed by atoms with Crippen LogP contribution in [-0.2, 0) is 11.3 Å². The lowest BCUT2D eigenvalue weighted by molar-refractivity contribution is -0.116. The van der Waals surface area contributed by atoms with E-state index in [-0.39, 0.29) is 18.0 Å². The van der Waals surface area contributed by atoms with Gasteiger partial charge in [0.1, 0.15) is 28.5 Å². The van der Waals surface area contributed by atoms with Gasteiger partial charge in [-0.1, -0.05) is 42.5 Å². The minimum atomic E-state index is -0.334. The predicted octanol–water partition coefficient (Wildman–Crippen LogP) is 5.14. The second-order valence-corrected chi connectivity index (χ2v) is 9.44. The minimum absolute atomic E-state index is 0.157. The molecule has 0 saturated heterocycles. The molecule has 0 spiro atoms. The molecule has 6 rings (SSSR count). The van der Waals surface area contributed by atoms with E-state index in [1.807, 2.05) is 82.0 Å². The summed E-state index contributed by atoms with van der Waals surface area (Å²) < 4.78 is 3.19. The van der Waals surface area contributed by atoms with Crippen molar-refractivity contribution in [3.63, 3.8) is 0 Å². The van der Waals surface area contributed by atoms with Gasteiger partial charge in [-0.2, -0.15) is 0 Å². The van der Waals surface area contributed by atoms with Crippen molar-refractivity contribution < 1.29 is 4.79 Å². The highest BCUT2D eigenvalue weighted by atomic mass is 32.1. The number of carbonyl (C=O) groups excluding carboxylic acids is 1.